The van der Waals surface area contributed by atoms with Crippen molar-refractivity contribution in [1.82, 2.24) is 15.1 Å². The Bertz CT molecular complexity index is 696. The van der Waals surface area contributed by atoms with E-state index in [0.29, 0.717) is 5.92 Å². The van der Waals surface area contributed by atoms with Gasteiger partial charge in [0.2, 0.25) is 5.91 Å². The molecule has 24 heavy (non-hydrogen) atoms. The Morgan fingerprint density at radius 1 is 1.33 bits per heavy atom. The van der Waals surface area contributed by atoms with Gasteiger partial charge in [0.1, 0.15) is 6.54 Å². The van der Waals surface area contributed by atoms with E-state index >= 15 is 0 Å². The second kappa shape index (κ2) is 6.34. The van der Waals surface area contributed by atoms with Crippen LogP contribution in [0.1, 0.15) is 56.7 Å². The molecule has 0 aliphatic heterocycles. The number of nitrogens with one attached hydrogen (secondary N) is 1. The van der Waals surface area contributed by atoms with E-state index in [1.54, 1.807) is 6.07 Å². The number of carbonyl (C=O) groups excluding carboxylic acids is 1. The van der Waals surface area contributed by atoms with Crippen molar-refractivity contribution in [3.8, 4) is 0 Å². The van der Waals surface area contributed by atoms with Crippen LogP contribution >= 0.6 is 0 Å². The summed E-state index contributed by atoms with van der Waals surface area (Å²) in [6, 6.07) is 1.87. The van der Waals surface area contributed by atoms with Crippen LogP contribution in [0.2, 0.25) is 0 Å². The van der Waals surface area contributed by atoms with Crippen LogP contribution in [0.3, 0.4) is 0 Å². The van der Waals surface area contributed by atoms with Gasteiger partial charge in [-0.05, 0) is 75.2 Å². The van der Waals surface area contributed by atoms with E-state index in [-0.39, 0.29) is 24.1 Å². The van der Waals surface area contributed by atoms with Crippen LogP contribution in [0.5, 0.6) is 0 Å². The molecule has 0 aromatic carbocycles. The molecule has 4 unspecified atom stereocenters. The van der Waals surface area contributed by atoms with Crippen LogP contribution in [-0.4, -0.2) is 21.7 Å². The third kappa shape index (κ3) is 3.01. The Labute approximate surface area is 142 Å². The smallest absolute Gasteiger partial charge is 0.267 e. The van der Waals surface area contributed by atoms with E-state index < -0.39 is 0 Å². The maximum Gasteiger partial charge on any atom is 0.267 e. The molecule has 2 saturated carbocycles. The molecule has 1 heterocycles. The van der Waals surface area contributed by atoms with E-state index in [1.165, 1.54) is 30.4 Å². The van der Waals surface area contributed by atoms with Crippen molar-refractivity contribution in [2.45, 2.75) is 70.9 Å². The normalized spacial score (nSPS) is 29.3. The first-order chi connectivity index (χ1) is 11.6. The van der Waals surface area contributed by atoms with Gasteiger partial charge in [0.15, 0.2) is 0 Å². The molecule has 5 heteroatoms. The fourth-order valence-corrected chi connectivity index (χ4v) is 5.16. The van der Waals surface area contributed by atoms with E-state index in [9.17, 15) is 9.59 Å². The van der Waals surface area contributed by atoms with Crippen LogP contribution in [0.4, 0.5) is 0 Å². The van der Waals surface area contributed by atoms with E-state index in [2.05, 4.69) is 17.3 Å². The highest BCUT2D eigenvalue weighted by atomic mass is 16.2. The van der Waals surface area contributed by atoms with Gasteiger partial charge >= 0.3 is 0 Å². The van der Waals surface area contributed by atoms with Gasteiger partial charge < -0.3 is 5.32 Å². The van der Waals surface area contributed by atoms with Crippen molar-refractivity contribution < 1.29 is 4.79 Å². The fourth-order valence-electron chi connectivity index (χ4n) is 5.16. The minimum Gasteiger partial charge on any atom is -0.352 e. The van der Waals surface area contributed by atoms with Crippen molar-refractivity contribution in [1.29, 1.82) is 0 Å². The predicted octanol–water partition coefficient (Wildman–Crippen LogP) is 2.06. The van der Waals surface area contributed by atoms with Gasteiger partial charge in [-0.3, -0.25) is 9.59 Å². The average molecular weight is 329 g/mol. The van der Waals surface area contributed by atoms with Crippen molar-refractivity contribution in [2.75, 3.05) is 0 Å². The molecule has 4 atom stereocenters. The molecule has 0 spiro atoms. The number of amides is 1. The van der Waals surface area contributed by atoms with Crippen molar-refractivity contribution >= 4 is 5.91 Å². The molecule has 4 rings (SSSR count). The van der Waals surface area contributed by atoms with E-state index in [1.807, 2.05) is 0 Å². The lowest BCUT2D eigenvalue weighted by Crippen LogP contribution is -2.43. The highest BCUT2D eigenvalue weighted by molar-refractivity contribution is 5.75. The predicted molar refractivity (Wildman–Crippen MR) is 91.7 cm³/mol. The summed E-state index contributed by atoms with van der Waals surface area (Å²) < 4.78 is 1.34. The van der Waals surface area contributed by atoms with Gasteiger partial charge in [0.05, 0.1) is 5.69 Å². The van der Waals surface area contributed by atoms with Crippen LogP contribution in [0.25, 0.3) is 0 Å². The molecule has 0 radical (unpaired) electrons. The molecule has 0 saturated heterocycles. The molecule has 2 bridgehead atoms. The maximum absolute atomic E-state index is 12.4. The lowest BCUT2D eigenvalue weighted by Gasteiger charge is -2.28. The van der Waals surface area contributed by atoms with E-state index in [4.69, 9.17) is 0 Å². The average Bonchev–Trinajstić information content (AvgIpc) is 3.18. The third-order valence-electron chi connectivity index (χ3n) is 6.39. The van der Waals surface area contributed by atoms with Crippen LogP contribution < -0.4 is 10.9 Å². The molecule has 1 aromatic heterocycles. The Hall–Kier alpha value is -1.65. The van der Waals surface area contributed by atoms with Crippen LogP contribution in [0, 0.1) is 17.8 Å². The lowest BCUT2D eigenvalue weighted by molar-refractivity contribution is -0.123. The van der Waals surface area contributed by atoms with Gasteiger partial charge in [-0.25, -0.2) is 4.68 Å². The Morgan fingerprint density at radius 3 is 2.92 bits per heavy atom. The summed E-state index contributed by atoms with van der Waals surface area (Å²) >= 11 is 0. The van der Waals surface area contributed by atoms with Gasteiger partial charge in [-0.15, -0.1) is 0 Å². The second-order valence-electron chi connectivity index (χ2n) is 8.01. The number of nitrogens with zero attached hydrogens (tertiary/aromatic N) is 2. The summed E-state index contributed by atoms with van der Waals surface area (Å²) in [5, 5.41) is 7.56. The molecule has 2 fully saturated rings. The molecule has 5 nitrogen and oxygen atoms in total. The molecule has 3 aliphatic carbocycles. The highest BCUT2D eigenvalue weighted by Gasteiger charge is 2.42. The van der Waals surface area contributed by atoms with Gasteiger partial charge in [-0.2, -0.15) is 5.10 Å². The summed E-state index contributed by atoms with van der Waals surface area (Å²) in [6.07, 6.45) is 9.38. The zero-order valence-electron chi connectivity index (χ0n) is 14.5. The number of fused-ring (bicyclic) bond motifs is 3. The monoisotopic (exact) mass is 329 g/mol. The van der Waals surface area contributed by atoms with Crippen molar-refractivity contribution in [2.24, 2.45) is 17.8 Å². The minimum atomic E-state index is -0.154. The number of hydrogen-bond donors (Lipinski definition) is 1. The quantitative estimate of drug-likeness (QED) is 0.920. The van der Waals surface area contributed by atoms with Crippen molar-refractivity contribution in [3.05, 3.63) is 27.7 Å². The molecule has 130 valence electrons. The number of carbonyl (C=O) groups is 1. The van der Waals surface area contributed by atoms with Gasteiger partial charge in [0, 0.05) is 12.1 Å². The molecule has 3 aliphatic rings. The second-order valence-corrected chi connectivity index (χ2v) is 8.01. The van der Waals surface area contributed by atoms with Crippen LogP contribution in [-0.2, 0) is 24.2 Å². The first-order valence-electron chi connectivity index (χ1n) is 9.49. The van der Waals surface area contributed by atoms with Crippen LogP contribution in [0.15, 0.2) is 10.9 Å². The first kappa shape index (κ1) is 15.9. The number of rotatable bonds is 4. The molecular formula is C19H27N3O2. The van der Waals surface area contributed by atoms with Gasteiger partial charge in [-0.1, -0.05) is 6.42 Å². The molecular weight excluding hydrogens is 302 g/mol. The fraction of sp³-hybridized carbons (Fsp3) is 0.737. The van der Waals surface area contributed by atoms with E-state index in [0.717, 1.165) is 48.8 Å². The largest absolute Gasteiger partial charge is 0.352 e. The summed E-state index contributed by atoms with van der Waals surface area (Å²) in [6.45, 7) is 2.16. The van der Waals surface area contributed by atoms with Crippen molar-refractivity contribution in [3.63, 3.8) is 0 Å². The topological polar surface area (TPSA) is 64.0 Å². The summed E-state index contributed by atoms with van der Waals surface area (Å²) in [5.41, 5.74) is 1.91. The Morgan fingerprint density at radius 2 is 2.17 bits per heavy atom. The Kier molecular flexibility index (Phi) is 4.19. The zero-order valence-corrected chi connectivity index (χ0v) is 14.5. The Balaban J connectivity index is 1.40. The third-order valence-corrected chi connectivity index (χ3v) is 6.39. The summed E-state index contributed by atoms with van der Waals surface area (Å²) in [5.74, 6) is 2.19. The number of hydrogen-bond acceptors (Lipinski definition) is 3. The first-order valence-corrected chi connectivity index (χ1v) is 9.49. The minimum absolute atomic E-state index is 0.0390. The molecule has 1 aromatic rings. The maximum atomic E-state index is 12.4. The summed E-state index contributed by atoms with van der Waals surface area (Å²) in [7, 11) is 0. The highest BCUT2D eigenvalue weighted by Crippen LogP contribution is 2.49. The SMILES string of the molecule is CC(NC(=O)Cn1nc2c(cc1=O)CCCC2)C1CC2CCC1C2. The van der Waals surface area contributed by atoms with Gasteiger partial charge in [0.25, 0.3) is 5.56 Å². The lowest BCUT2D eigenvalue weighted by atomic mass is 9.84. The molecule has 1 amide bonds. The molecule has 1 N–H and O–H groups in total. The number of aromatic nitrogens is 2. The summed E-state index contributed by atoms with van der Waals surface area (Å²) in [4.78, 5) is 24.6. The standard InChI is InChI=1S/C19H27N3O2/c1-12(16-9-13-6-7-14(16)8-13)20-18(23)11-22-19(24)10-15-4-2-3-5-17(15)21-22/h10,12-14,16H,2-9,11H2,1H3,(H,20,23). The zero-order chi connectivity index (χ0) is 16.7. The number of aryl methyl sites for hydroxylation is 2.